The Morgan fingerprint density at radius 3 is 2.53 bits per heavy atom. The van der Waals surface area contributed by atoms with E-state index in [9.17, 15) is 14.4 Å². The van der Waals surface area contributed by atoms with E-state index < -0.39 is 12.1 Å². The van der Waals surface area contributed by atoms with Crippen LogP contribution in [0.1, 0.15) is 63.9 Å². The van der Waals surface area contributed by atoms with E-state index in [2.05, 4.69) is 24.1 Å². The van der Waals surface area contributed by atoms with Crippen LogP contribution in [0.15, 0.2) is 24.3 Å². The number of piperidine rings is 2. The number of carbonyl (C=O) groups is 3. The maximum absolute atomic E-state index is 12.9. The first-order valence-electron chi connectivity index (χ1n) is 12.1. The van der Waals surface area contributed by atoms with Crippen molar-refractivity contribution in [1.82, 2.24) is 15.1 Å². The van der Waals surface area contributed by atoms with Gasteiger partial charge in [-0.3, -0.25) is 9.59 Å². The van der Waals surface area contributed by atoms with Crippen LogP contribution in [0.2, 0.25) is 0 Å². The lowest BCUT2D eigenvalue weighted by molar-refractivity contribution is -0.133. The summed E-state index contributed by atoms with van der Waals surface area (Å²) in [7, 11) is 1.83. The van der Waals surface area contributed by atoms with Crippen molar-refractivity contribution in [3.63, 3.8) is 0 Å². The van der Waals surface area contributed by atoms with Crippen LogP contribution in [0.4, 0.5) is 10.5 Å². The quantitative estimate of drug-likeness (QED) is 0.689. The molecule has 3 atom stereocenters. The first kappa shape index (κ1) is 22.8. The summed E-state index contributed by atoms with van der Waals surface area (Å²) >= 11 is 0. The van der Waals surface area contributed by atoms with Crippen molar-refractivity contribution in [1.29, 1.82) is 0 Å². The molecular weight excluding hydrogens is 404 g/mol. The average molecular weight is 441 g/mol. The third kappa shape index (κ3) is 4.68. The summed E-state index contributed by atoms with van der Waals surface area (Å²) in [6.45, 7) is 7.26. The zero-order valence-corrected chi connectivity index (χ0v) is 19.5. The van der Waals surface area contributed by atoms with E-state index in [1.165, 1.54) is 38.8 Å². The van der Waals surface area contributed by atoms with Gasteiger partial charge in [0.1, 0.15) is 6.04 Å². The highest BCUT2D eigenvalue weighted by atomic mass is 16.2. The number of hydrogen-bond acceptors (Lipinski definition) is 4. The molecule has 0 aromatic heterocycles. The van der Waals surface area contributed by atoms with E-state index in [4.69, 9.17) is 0 Å². The Balaban J connectivity index is 1.35. The van der Waals surface area contributed by atoms with Crippen LogP contribution in [-0.4, -0.2) is 66.4 Å². The van der Waals surface area contributed by atoms with Gasteiger partial charge in [0, 0.05) is 19.6 Å². The van der Waals surface area contributed by atoms with E-state index >= 15 is 0 Å². The summed E-state index contributed by atoms with van der Waals surface area (Å²) in [5, 5.41) is 2.71. The molecule has 7 nitrogen and oxygen atoms in total. The number of urea groups is 1. The summed E-state index contributed by atoms with van der Waals surface area (Å²) in [6.07, 6.45) is 6.10. The molecule has 1 N–H and O–H groups in total. The van der Waals surface area contributed by atoms with Gasteiger partial charge in [0.2, 0.25) is 5.91 Å². The number of nitrogens with zero attached hydrogens (tertiary/aromatic N) is 3. The molecule has 3 heterocycles. The number of amides is 4. The molecule has 4 rings (SSSR count). The molecule has 3 aliphatic heterocycles. The lowest BCUT2D eigenvalue weighted by Crippen LogP contribution is -2.51. The van der Waals surface area contributed by atoms with Crippen LogP contribution in [0.5, 0.6) is 0 Å². The van der Waals surface area contributed by atoms with Gasteiger partial charge in [-0.05, 0) is 68.3 Å². The first-order chi connectivity index (χ1) is 15.3. The zero-order valence-electron chi connectivity index (χ0n) is 19.5. The number of nitrogens with one attached hydrogen (secondary N) is 1. The summed E-state index contributed by atoms with van der Waals surface area (Å²) in [4.78, 5) is 43.9. The molecule has 32 heavy (non-hydrogen) atoms. The fraction of sp³-hybridized carbons (Fsp3) is 0.640. The number of hydrogen-bond donors (Lipinski definition) is 1. The van der Waals surface area contributed by atoms with Crippen LogP contribution in [0.25, 0.3) is 0 Å². The molecule has 0 bridgehead atoms. The van der Waals surface area contributed by atoms with E-state index in [0.29, 0.717) is 23.6 Å². The molecule has 0 unspecified atom stereocenters. The van der Waals surface area contributed by atoms with Crippen molar-refractivity contribution < 1.29 is 14.4 Å². The van der Waals surface area contributed by atoms with Crippen molar-refractivity contribution in [3.05, 3.63) is 29.8 Å². The molecule has 1 aromatic carbocycles. The van der Waals surface area contributed by atoms with Crippen LogP contribution in [0.3, 0.4) is 0 Å². The molecular formula is C25H36N4O3. The molecule has 0 spiro atoms. The molecule has 3 aliphatic rings. The minimum absolute atomic E-state index is 0.00273. The number of anilines is 1. The minimum atomic E-state index is -0.806. The summed E-state index contributed by atoms with van der Waals surface area (Å²) in [5.41, 5.74) is 1.69. The number of fused-ring (bicyclic) bond motifs is 1. The Kier molecular flexibility index (Phi) is 6.84. The average Bonchev–Trinajstić information content (AvgIpc) is 3.06. The summed E-state index contributed by atoms with van der Waals surface area (Å²) < 4.78 is 0. The number of carbonyl (C=O) groups excluding carboxylic acids is 3. The van der Waals surface area contributed by atoms with Gasteiger partial charge >= 0.3 is 6.03 Å². The highest BCUT2D eigenvalue weighted by Gasteiger charge is 2.41. The number of benzene rings is 1. The molecule has 3 fully saturated rings. The van der Waals surface area contributed by atoms with Gasteiger partial charge in [0.15, 0.2) is 0 Å². The second kappa shape index (κ2) is 9.61. The van der Waals surface area contributed by atoms with Crippen LogP contribution in [-0.2, 0) is 9.59 Å². The van der Waals surface area contributed by atoms with E-state index in [-0.39, 0.29) is 18.2 Å². The first-order valence-corrected chi connectivity index (χ1v) is 12.1. The predicted octanol–water partition coefficient (Wildman–Crippen LogP) is 3.35. The highest BCUT2D eigenvalue weighted by molar-refractivity contribution is 6.22. The largest absolute Gasteiger partial charge is 0.345 e. The Hall–Kier alpha value is -2.41. The molecule has 3 saturated heterocycles. The molecule has 174 valence electrons. The maximum Gasteiger partial charge on any atom is 0.329 e. The maximum atomic E-state index is 12.9. The van der Waals surface area contributed by atoms with Gasteiger partial charge < -0.3 is 15.1 Å². The van der Waals surface area contributed by atoms with Crippen molar-refractivity contribution >= 4 is 23.5 Å². The second-order valence-corrected chi connectivity index (χ2v) is 9.90. The topological polar surface area (TPSA) is 73.0 Å². The van der Waals surface area contributed by atoms with Crippen LogP contribution < -0.4 is 10.2 Å². The normalized spacial score (nSPS) is 26.2. The standard InChI is InChI=1S/C25H36N4O3/c1-17(2)18-9-11-20(12-10-18)29-24(31)21(26-25(29)32)15-23(30)27(3)16-19-7-6-14-28-13-5-4-8-22(19)28/h9-12,17,19,21-22H,4-8,13-16H2,1-3H3,(H,26,32)/t19-,21-,22+/m0/s1. The highest BCUT2D eigenvalue weighted by Crippen LogP contribution is 2.31. The fourth-order valence-electron chi connectivity index (χ4n) is 5.50. The predicted molar refractivity (Wildman–Crippen MR) is 125 cm³/mol. The second-order valence-electron chi connectivity index (χ2n) is 9.90. The monoisotopic (exact) mass is 440 g/mol. The Bertz CT molecular complexity index is 851. The van der Waals surface area contributed by atoms with Gasteiger partial charge in [0.05, 0.1) is 12.1 Å². The van der Waals surface area contributed by atoms with E-state index in [1.54, 1.807) is 17.0 Å². The lowest BCUT2D eigenvalue weighted by atomic mass is 9.83. The smallest absolute Gasteiger partial charge is 0.329 e. The van der Waals surface area contributed by atoms with E-state index in [0.717, 1.165) is 23.4 Å². The molecule has 0 radical (unpaired) electrons. The summed E-state index contributed by atoms with van der Waals surface area (Å²) in [6, 6.07) is 6.77. The Morgan fingerprint density at radius 2 is 1.81 bits per heavy atom. The van der Waals surface area contributed by atoms with Crippen molar-refractivity contribution in [2.75, 3.05) is 31.6 Å². The van der Waals surface area contributed by atoms with Gasteiger partial charge in [-0.1, -0.05) is 32.4 Å². The minimum Gasteiger partial charge on any atom is -0.345 e. The van der Waals surface area contributed by atoms with Crippen molar-refractivity contribution in [2.45, 2.75) is 70.4 Å². The molecule has 1 aromatic rings. The van der Waals surface area contributed by atoms with Gasteiger partial charge in [-0.15, -0.1) is 0 Å². The van der Waals surface area contributed by atoms with Gasteiger partial charge in [0.25, 0.3) is 5.91 Å². The van der Waals surface area contributed by atoms with Gasteiger partial charge in [-0.25, -0.2) is 9.69 Å². The molecule has 7 heteroatoms. The third-order valence-electron chi connectivity index (χ3n) is 7.38. The SMILES string of the molecule is CC(C)c1ccc(N2C(=O)N[C@@H](CC(=O)N(C)C[C@@H]3CCCN4CCCC[C@H]34)C2=O)cc1. The van der Waals surface area contributed by atoms with Crippen LogP contribution >= 0.6 is 0 Å². The third-order valence-corrected chi connectivity index (χ3v) is 7.38. The van der Waals surface area contributed by atoms with Crippen LogP contribution in [0, 0.1) is 5.92 Å². The Morgan fingerprint density at radius 1 is 1.09 bits per heavy atom. The van der Waals surface area contributed by atoms with Crippen molar-refractivity contribution in [3.8, 4) is 0 Å². The molecule has 0 aliphatic carbocycles. The van der Waals surface area contributed by atoms with E-state index in [1.807, 2.05) is 19.2 Å². The number of imide groups is 1. The fourth-order valence-corrected chi connectivity index (χ4v) is 5.50. The molecule has 0 saturated carbocycles. The van der Waals surface area contributed by atoms with Gasteiger partial charge in [-0.2, -0.15) is 0 Å². The number of rotatable bonds is 6. The van der Waals surface area contributed by atoms with Crippen molar-refractivity contribution in [2.24, 2.45) is 5.92 Å². The zero-order chi connectivity index (χ0) is 22.8. The lowest BCUT2D eigenvalue weighted by Gasteiger charge is -2.45. The molecule has 4 amide bonds. The Labute approximate surface area is 191 Å². The summed E-state index contributed by atoms with van der Waals surface area (Å²) in [5.74, 6) is 0.416.